The quantitative estimate of drug-likeness (QED) is 0.700. The molecule has 4 rings (SSSR count). The van der Waals surface area contributed by atoms with Crippen molar-refractivity contribution in [3.8, 4) is 0 Å². The van der Waals surface area contributed by atoms with Gasteiger partial charge in [0.15, 0.2) is 0 Å². The molecule has 148 valence electrons. The number of amides is 1. The second-order valence-corrected chi connectivity index (χ2v) is 8.54. The zero-order valence-corrected chi connectivity index (χ0v) is 16.8. The number of halogens is 1. The molecule has 8 heteroatoms. The molecule has 3 aromatic rings. The number of benzene rings is 1. The smallest absolute Gasteiger partial charge is 0.264 e. The predicted octanol–water partition coefficient (Wildman–Crippen LogP) is 3.05. The molecule has 3 N–H and O–H groups in total. The standard InChI is InChI=1S/C20H23ClN4O3/c1-10-15-17(24-28-10)16-13(21)5-4-6-14(16)25(18(15)26)12-8-7-11(9-12)23-19(27)20(2,3)22/h4-6,11-12H,7-9,22H2,1-3H3,(H,23,27). The fraction of sp³-hybridized carbons (Fsp3) is 0.450. The predicted molar refractivity (Wildman–Crippen MR) is 109 cm³/mol. The van der Waals surface area contributed by atoms with E-state index in [9.17, 15) is 9.59 Å². The minimum absolute atomic E-state index is 0.0271. The first kappa shape index (κ1) is 19.0. The summed E-state index contributed by atoms with van der Waals surface area (Å²) in [7, 11) is 0. The molecule has 1 saturated carbocycles. The fourth-order valence-corrected chi connectivity index (χ4v) is 4.29. The molecule has 0 radical (unpaired) electrons. The third kappa shape index (κ3) is 2.99. The number of hydrogen-bond acceptors (Lipinski definition) is 5. The van der Waals surface area contributed by atoms with Gasteiger partial charge < -0.3 is 20.1 Å². The number of aromatic nitrogens is 2. The number of aryl methyl sites for hydroxylation is 1. The minimum Gasteiger partial charge on any atom is -0.360 e. The van der Waals surface area contributed by atoms with Crippen LogP contribution < -0.4 is 16.6 Å². The average Bonchev–Trinajstić information content (AvgIpc) is 3.21. The molecule has 0 saturated heterocycles. The summed E-state index contributed by atoms with van der Waals surface area (Å²) in [6, 6.07) is 5.40. The van der Waals surface area contributed by atoms with Gasteiger partial charge in [0.25, 0.3) is 5.56 Å². The maximum atomic E-state index is 13.3. The van der Waals surface area contributed by atoms with E-state index in [0.717, 1.165) is 18.4 Å². The van der Waals surface area contributed by atoms with Crippen molar-refractivity contribution in [3.05, 3.63) is 39.3 Å². The van der Waals surface area contributed by atoms with Gasteiger partial charge in [-0.05, 0) is 52.2 Å². The van der Waals surface area contributed by atoms with E-state index in [1.165, 1.54) is 0 Å². The zero-order valence-electron chi connectivity index (χ0n) is 16.1. The zero-order chi connectivity index (χ0) is 20.2. The van der Waals surface area contributed by atoms with Gasteiger partial charge in [-0.3, -0.25) is 9.59 Å². The molecule has 7 nitrogen and oxygen atoms in total. The van der Waals surface area contributed by atoms with Gasteiger partial charge in [-0.2, -0.15) is 0 Å². The Hall–Kier alpha value is -2.38. The number of carbonyl (C=O) groups excluding carboxylic acids is 1. The van der Waals surface area contributed by atoms with Gasteiger partial charge in [0.1, 0.15) is 16.7 Å². The van der Waals surface area contributed by atoms with Gasteiger partial charge in [0, 0.05) is 17.5 Å². The number of nitrogens with one attached hydrogen (secondary N) is 1. The highest BCUT2D eigenvalue weighted by Crippen LogP contribution is 2.36. The SMILES string of the molecule is Cc1onc2c1c(=O)n(C1CCC(NC(=O)C(C)(C)N)C1)c1cccc(Cl)c21. The van der Waals surface area contributed by atoms with Crippen molar-refractivity contribution in [2.45, 2.75) is 57.7 Å². The highest BCUT2D eigenvalue weighted by molar-refractivity contribution is 6.37. The Balaban J connectivity index is 1.80. The number of hydrogen-bond donors (Lipinski definition) is 2. The minimum atomic E-state index is -0.937. The first-order chi connectivity index (χ1) is 13.2. The van der Waals surface area contributed by atoms with Crippen molar-refractivity contribution in [1.82, 2.24) is 15.0 Å². The maximum absolute atomic E-state index is 13.3. The molecular weight excluding hydrogens is 380 g/mol. The third-order valence-corrected chi connectivity index (χ3v) is 5.79. The average molecular weight is 403 g/mol. The van der Waals surface area contributed by atoms with E-state index >= 15 is 0 Å². The number of nitrogens with zero attached hydrogens (tertiary/aromatic N) is 2. The number of nitrogens with two attached hydrogens (primary N) is 1. The Morgan fingerprint density at radius 2 is 2.11 bits per heavy atom. The van der Waals surface area contributed by atoms with E-state index in [2.05, 4.69) is 10.5 Å². The first-order valence-electron chi connectivity index (χ1n) is 9.37. The van der Waals surface area contributed by atoms with Crippen molar-refractivity contribution in [3.63, 3.8) is 0 Å². The van der Waals surface area contributed by atoms with Crippen LogP contribution in [0.1, 0.15) is 44.9 Å². The van der Waals surface area contributed by atoms with Crippen LogP contribution in [0.5, 0.6) is 0 Å². The molecule has 1 aromatic carbocycles. The molecule has 1 amide bonds. The molecule has 28 heavy (non-hydrogen) atoms. The maximum Gasteiger partial charge on any atom is 0.264 e. The second kappa shape index (κ2) is 6.60. The van der Waals surface area contributed by atoms with Crippen LogP contribution in [-0.2, 0) is 4.79 Å². The van der Waals surface area contributed by atoms with Gasteiger partial charge in [0.2, 0.25) is 5.91 Å². The molecule has 2 heterocycles. The van der Waals surface area contributed by atoms with Crippen LogP contribution in [0.2, 0.25) is 5.02 Å². The molecule has 0 aliphatic heterocycles. The number of rotatable bonds is 3. The topological polar surface area (TPSA) is 103 Å². The molecule has 2 unspecified atom stereocenters. The highest BCUT2D eigenvalue weighted by Gasteiger charge is 2.32. The summed E-state index contributed by atoms with van der Waals surface area (Å²) in [5, 5.41) is 8.77. The van der Waals surface area contributed by atoms with Crippen LogP contribution in [0, 0.1) is 6.92 Å². The Labute approximate surface area is 166 Å². The lowest BCUT2D eigenvalue weighted by Crippen LogP contribution is -2.51. The van der Waals surface area contributed by atoms with Crippen molar-refractivity contribution in [2.75, 3.05) is 0 Å². The molecule has 0 spiro atoms. The monoisotopic (exact) mass is 402 g/mol. The molecule has 2 atom stereocenters. The van der Waals surface area contributed by atoms with Crippen molar-refractivity contribution >= 4 is 39.3 Å². The Morgan fingerprint density at radius 3 is 2.82 bits per heavy atom. The van der Waals surface area contributed by atoms with Crippen LogP contribution in [0.25, 0.3) is 21.8 Å². The van der Waals surface area contributed by atoms with E-state index in [-0.39, 0.29) is 23.6 Å². The second-order valence-electron chi connectivity index (χ2n) is 8.13. The van der Waals surface area contributed by atoms with Crippen molar-refractivity contribution in [1.29, 1.82) is 0 Å². The summed E-state index contributed by atoms with van der Waals surface area (Å²) in [5.41, 5.74) is 6.03. The first-order valence-corrected chi connectivity index (χ1v) is 9.75. The lowest BCUT2D eigenvalue weighted by molar-refractivity contribution is -0.125. The summed E-state index contributed by atoms with van der Waals surface area (Å²) in [6.45, 7) is 5.08. The van der Waals surface area contributed by atoms with Gasteiger partial charge in [-0.1, -0.05) is 22.8 Å². The van der Waals surface area contributed by atoms with Crippen LogP contribution in [0.15, 0.2) is 27.5 Å². The summed E-state index contributed by atoms with van der Waals surface area (Å²) in [6.07, 6.45) is 2.20. The van der Waals surface area contributed by atoms with E-state index in [4.69, 9.17) is 21.9 Å². The van der Waals surface area contributed by atoms with E-state index < -0.39 is 5.54 Å². The van der Waals surface area contributed by atoms with E-state index in [1.807, 2.05) is 12.1 Å². The normalized spacial score (nSPS) is 20.2. The summed E-state index contributed by atoms with van der Waals surface area (Å²) >= 11 is 6.46. The summed E-state index contributed by atoms with van der Waals surface area (Å²) in [5.74, 6) is 0.284. The molecule has 1 aliphatic carbocycles. The molecule has 1 fully saturated rings. The van der Waals surface area contributed by atoms with Crippen molar-refractivity contribution < 1.29 is 9.32 Å². The molecule has 1 aliphatic rings. The van der Waals surface area contributed by atoms with E-state index in [1.54, 1.807) is 31.4 Å². The van der Waals surface area contributed by atoms with Crippen LogP contribution in [-0.4, -0.2) is 27.2 Å². The lowest BCUT2D eigenvalue weighted by Gasteiger charge is -2.22. The third-order valence-electron chi connectivity index (χ3n) is 5.47. The lowest BCUT2D eigenvalue weighted by atomic mass is 10.1. The van der Waals surface area contributed by atoms with E-state index in [0.29, 0.717) is 33.5 Å². The molecule has 0 bridgehead atoms. The largest absolute Gasteiger partial charge is 0.360 e. The highest BCUT2D eigenvalue weighted by atomic mass is 35.5. The van der Waals surface area contributed by atoms with Crippen LogP contribution >= 0.6 is 11.6 Å². The Kier molecular flexibility index (Phi) is 4.47. The van der Waals surface area contributed by atoms with Crippen LogP contribution in [0.4, 0.5) is 0 Å². The number of fused-ring (bicyclic) bond motifs is 3. The number of carbonyl (C=O) groups is 1. The summed E-state index contributed by atoms with van der Waals surface area (Å²) < 4.78 is 7.08. The van der Waals surface area contributed by atoms with Gasteiger partial charge in [-0.25, -0.2) is 0 Å². The van der Waals surface area contributed by atoms with Gasteiger partial charge >= 0.3 is 0 Å². The van der Waals surface area contributed by atoms with Gasteiger partial charge in [0.05, 0.1) is 16.1 Å². The van der Waals surface area contributed by atoms with Crippen molar-refractivity contribution in [2.24, 2.45) is 5.73 Å². The number of pyridine rings is 1. The Bertz CT molecular complexity index is 1140. The molecule has 2 aromatic heterocycles. The Morgan fingerprint density at radius 1 is 1.36 bits per heavy atom. The molecular formula is C20H23ClN4O3. The van der Waals surface area contributed by atoms with Crippen LogP contribution in [0.3, 0.4) is 0 Å². The van der Waals surface area contributed by atoms with Gasteiger partial charge in [-0.15, -0.1) is 0 Å². The fourth-order valence-electron chi connectivity index (χ4n) is 4.03. The summed E-state index contributed by atoms with van der Waals surface area (Å²) in [4.78, 5) is 25.6.